The molecule has 0 N–H and O–H groups in total. The van der Waals surface area contributed by atoms with E-state index in [9.17, 15) is 4.79 Å². The topological polar surface area (TPSA) is 69.4 Å². The van der Waals surface area contributed by atoms with Crippen LogP contribution in [0.15, 0.2) is 12.5 Å². The predicted octanol–water partition coefficient (Wildman–Crippen LogP) is 0.335. The summed E-state index contributed by atoms with van der Waals surface area (Å²) in [7, 11) is 1.47. The number of ketones is 1. The van der Waals surface area contributed by atoms with E-state index in [1.165, 1.54) is 20.4 Å². The average molecular weight is 192 g/mol. The number of methoxy groups -OCH3 is 1. The van der Waals surface area contributed by atoms with Crippen LogP contribution in [-0.2, 0) is 0 Å². The molecule has 72 valence electrons. The summed E-state index contributed by atoms with van der Waals surface area (Å²) in [6, 6.07) is 0. The summed E-state index contributed by atoms with van der Waals surface area (Å²) in [5.41, 5.74) is 0.826. The Kier molecular flexibility index (Phi) is 1.88. The van der Waals surface area contributed by atoms with Crippen LogP contribution in [0.1, 0.15) is 17.4 Å². The summed E-state index contributed by atoms with van der Waals surface area (Å²) in [5.74, 6) is 0.175. The Morgan fingerprint density at radius 2 is 2.36 bits per heavy atom. The molecule has 0 aromatic carbocycles. The molecule has 0 saturated heterocycles. The average Bonchev–Trinajstić information content (AvgIpc) is 2.63. The van der Waals surface area contributed by atoms with Crippen LogP contribution in [-0.4, -0.2) is 32.5 Å². The lowest BCUT2D eigenvalue weighted by molar-refractivity contribution is 0.101. The molecule has 0 bridgehead atoms. The first-order valence-corrected chi connectivity index (χ1v) is 3.97. The Hall–Kier alpha value is -1.98. The summed E-state index contributed by atoms with van der Waals surface area (Å²) in [6.07, 6.45) is 3.06. The Balaban J connectivity index is 2.73. The maximum absolute atomic E-state index is 11.1. The van der Waals surface area contributed by atoms with Gasteiger partial charge < -0.3 is 4.74 Å². The van der Waals surface area contributed by atoms with E-state index in [4.69, 9.17) is 4.74 Å². The van der Waals surface area contributed by atoms with Crippen molar-refractivity contribution in [1.29, 1.82) is 0 Å². The number of nitrogens with zero attached hydrogens (tertiary/aromatic N) is 4. The first-order valence-electron chi connectivity index (χ1n) is 3.97. The van der Waals surface area contributed by atoms with Crippen LogP contribution in [0.3, 0.4) is 0 Å². The van der Waals surface area contributed by atoms with Gasteiger partial charge in [0.15, 0.2) is 5.78 Å². The smallest absolute Gasteiger partial charge is 0.260 e. The van der Waals surface area contributed by atoms with Crippen LogP contribution in [0.5, 0.6) is 5.88 Å². The number of fused-ring (bicyclic) bond motifs is 1. The van der Waals surface area contributed by atoms with E-state index in [1.54, 1.807) is 10.6 Å². The Morgan fingerprint density at radius 1 is 1.57 bits per heavy atom. The standard InChI is InChI=1S/C8H8N4O2/c1-5(13)6-3-12-4-9-11-7(12)8(10-6)14-2/h3-4H,1-2H3. The lowest BCUT2D eigenvalue weighted by atomic mass is 10.3. The molecular weight excluding hydrogens is 184 g/mol. The van der Waals surface area contributed by atoms with Crippen LogP contribution >= 0.6 is 0 Å². The van der Waals surface area contributed by atoms with Crippen LogP contribution < -0.4 is 4.74 Å². The molecule has 0 saturated carbocycles. The zero-order chi connectivity index (χ0) is 10.1. The number of hydrogen-bond donors (Lipinski definition) is 0. The monoisotopic (exact) mass is 192 g/mol. The SMILES string of the molecule is COc1nc(C(C)=O)cn2cnnc12. The molecule has 2 aromatic rings. The fraction of sp³-hybridized carbons (Fsp3) is 0.250. The highest BCUT2D eigenvalue weighted by atomic mass is 16.5. The van der Waals surface area contributed by atoms with Gasteiger partial charge in [0.05, 0.1) is 7.11 Å². The number of Topliss-reactive ketones (excluding diaryl/α,β-unsaturated/α-hetero) is 1. The van der Waals surface area contributed by atoms with Crippen molar-refractivity contribution in [2.75, 3.05) is 7.11 Å². The van der Waals surface area contributed by atoms with Gasteiger partial charge in [-0.1, -0.05) is 0 Å². The first kappa shape index (κ1) is 8.61. The van der Waals surface area contributed by atoms with Gasteiger partial charge in [-0.25, -0.2) is 4.98 Å². The highest BCUT2D eigenvalue weighted by Gasteiger charge is 2.10. The Labute approximate surface area is 79.5 Å². The molecule has 0 aliphatic carbocycles. The largest absolute Gasteiger partial charge is 0.478 e. The molecule has 0 amide bonds. The van der Waals surface area contributed by atoms with E-state index in [2.05, 4.69) is 15.2 Å². The number of carbonyl (C=O) groups excluding carboxylic acids is 1. The number of ether oxygens (including phenoxy) is 1. The van der Waals surface area contributed by atoms with Crippen LogP contribution in [0.2, 0.25) is 0 Å². The van der Waals surface area contributed by atoms with Gasteiger partial charge in [0.25, 0.3) is 5.88 Å². The van der Waals surface area contributed by atoms with E-state index in [-0.39, 0.29) is 5.78 Å². The van der Waals surface area contributed by atoms with Gasteiger partial charge in [-0.15, -0.1) is 10.2 Å². The molecule has 0 aliphatic rings. The third-order valence-electron chi connectivity index (χ3n) is 1.80. The van der Waals surface area contributed by atoms with Gasteiger partial charge >= 0.3 is 0 Å². The molecule has 0 atom stereocenters. The molecule has 6 heteroatoms. The number of hydrogen-bond acceptors (Lipinski definition) is 5. The van der Waals surface area contributed by atoms with Gasteiger partial charge in [-0.05, 0) is 0 Å². The molecule has 0 aliphatic heterocycles. The number of rotatable bonds is 2. The molecule has 2 aromatic heterocycles. The second kappa shape index (κ2) is 3.06. The highest BCUT2D eigenvalue weighted by Crippen LogP contribution is 2.14. The minimum absolute atomic E-state index is 0.126. The summed E-state index contributed by atoms with van der Waals surface area (Å²) in [4.78, 5) is 15.1. The first-order chi connectivity index (χ1) is 6.72. The van der Waals surface area contributed by atoms with Crippen LogP contribution in [0.25, 0.3) is 5.65 Å². The Morgan fingerprint density at radius 3 is 3.00 bits per heavy atom. The predicted molar refractivity (Wildman–Crippen MR) is 47.3 cm³/mol. The van der Waals surface area contributed by atoms with Crippen molar-refractivity contribution in [3.05, 3.63) is 18.2 Å². The zero-order valence-corrected chi connectivity index (χ0v) is 7.76. The summed E-state index contributed by atoms with van der Waals surface area (Å²) in [5, 5.41) is 7.50. The summed E-state index contributed by atoms with van der Waals surface area (Å²) >= 11 is 0. The lowest BCUT2D eigenvalue weighted by Gasteiger charge is -2.02. The van der Waals surface area contributed by atoms with Crippen molar-refractivity contribution in [1.82, 2.24) is 19.6 Å². The van der Waals surface area contributed by atoms with Crippen molar-refractivity contribution in [3.8, 4) is 5.88 Å². The number of carbonyl (C=O) groups is 1. The van der Waals surface area contributed by atoms with E-state index in [1.807, 2.05) is 0 Å². The second-order valence-corrected chi connectivity index (χ2v) is 2.75. The third-order valence-corrected chi connectivity index (χ3v) is 1.80. The third kappa shape index (κ3) is 1.20. The fourth-order valence-electron chi connectivity index (χ4n) is 1.12. The van der Waals surface area contributed by atoms with Crippen LogP contribution in [0, 0.1) is 0 Å². The molecule has 2 rings (SSSR count). The van der Waals surface area contributed by atoms with Crippen molar-refractivity contribution in [2.24, 2.45) is 0 Å². The molecular formula is C8H8N4O2. The van der Waals surface area contributed by atoms with E-state index < -0.39 is 0 Å². The van der Waals surface area contributed by atoms with Crippen molar-refractivity contribution >= 4 is 11.4 Å². The van der Waals surface area contributed by atoms with Gasteiger partial charge in [-0.2, -0.15) is 0 Å². The minimum Gasteiger partial charge on any atom is -0.478 e. The quantitative estimate of drug-likeness (QED) is 0.641. The van der Waals surface area contributed by atoms with Gasteiger partial charge in [0.2, 0.25) is 5.65 Å². The second-order valence-electron chi connectivity index (χ2n) is 2.75. The highest BCUT2D eigenvalue weighted by molar-refractivity contribution is 5.92. The molecule has 0 unspecified atom stereocenters. The summed E-state index contributed by atoms with van der Waals surface area (Å²) in [6.45, 7) is 1.44. The van der Waals surface area contributed by atoms with Gasteiger partial charge in [-0.3, -0.25) is 9.20 Å². The van der Waals surface area contributed by atoms with Gasteiger partial charge in [0.1, 0.15) is 12.0 Å². The molecule has 0 spiro atoms. The maximum Gasteiger partial charge on any atom is 0.260 e. The molecule has 0 fully saturated rings. The Bertz CT molecular complexity index is 491. The lowest BCUT2D eigenvalue weighted by Crippen LogP contribution is -2.02. The fourth-order valence-corrected chi connectivity index (χ4v) is 1.12. The zero-order valence-electron chi connectivity index (χ0n) is 7.76. The van der Waals surface area contributed by atoms with E-state index in [0.29, 0.717) is 17.2 Å². The maximum atomic E-state index is 11.1. The number of aromatic nitrogens is 4. The van der Waals surface area contributed by atoms with Crippen molar-refractivity contribution in [2.45, 2.75) is 6.92 Å². The van der Waals surface area contributed by atoms with Crippen molar-refractivity contribution < 1.29 is 9.53 Å². The molecule has 14 heavy (non-hydrogen) atoms. The molecule has 0 radical (unpaired) electrons. The van der Waals surface area contributed by atoms with E-state index >= 15 is 0 Å². The summed E-state index contributed by atoms with van der Waals surface area (Å²) < 4.78 is 6.59. The molecule has 2 heterocycles. The van der Waals surface area contributed by atoms with E-state index in [0.717, 1.165) is 0 Å². The normalized spacial score (nSPS) is 10.4. The molecule has 6 nitrogen and oxygen atoms in total. The minimum atomic E-state index is -0.126. The van der Waals surface area contributed by atoms with Gasteiger partial charge in [0, 0.05) is 13.1 Å². The van der Waals surface area contributed by atoms with Crippen LogP contribution in [0.4, 0.5) is 0 Å². The van der Waals surface area contributed by atoms with Crippen molar-refractivity contribution in [3.63, 3.8) is 0 Å².